The Bertz CT molecular complexity index is 598. The molecule has 1 atom stereocenters. The van der Waals surface area contributed by atoms with Crippen LogP contribution < -0.4 is 0 Å². The van der Waals surface area contributed by atoms with E-state index in [1.54, 1.807) is 27.0 Å². The summed E-state index contributed by atoms with van der Waals surface area (Å²) in [5.74, 6) is 0.437. The zero-order valence-electron chi connectivity index (χ0n) is 15.7. The summed E-state index contributed by atoms with van der Waals surface area (Å²) in [4.78, 5) is 16.2. The standard InChI is InChI=1S/C18H27NO6S/c1-6-14(25-10-9-24-8-7-22-4)11-15(20)13(2)16-19-18(3,12-26-16)17(21)23-5/h6,11,20H,2,7-10,12H2,1,3-5H3/b14-6+,15-11+/t18-/m1/s1. The average Bonchev–Trinajstić information content (AvgIpc) is 3.05. The predicted octanol–water partition coefficient (Wildman–Crippen LogP) is 2.64. The van der Waals surface area contributed by atoms with Crippen molar-refractivity contribution < 1.29 is 28.8 Å². The minimum absolute atomic E-state index is 0.0706. The number of aliphatic hydroxyl groups is 1. The Kier molecular flexibility index (Phi) is 9.47. The van der Waals surface area contributed by atoms with Gasteiger partial charge in [-0.2, -0.15) is 0 Å². The maximum Gasteiger partial charge on any atom is 0.334 e. The number of carbonyl (C=O) groups excluding carboxylic acids is 1. The summed E-state index contributed by atoms with van der Waals surface area (Å²) in [6, 6.07) is 0. The highest BCUT2D eigenvalue weighted by Gasteiger charge is 2.40. The zero-order chi connectivity index (χ0) is 19.6. The third kappa shape index (κ3) is 6.51. The Hall–Kier alpha value is -1.77. The van der Waals surface area contributed by atoms with Crippen LogP contribution in [-0.2, 0) is 23.7 Å². The minimum atomic E-state index is -0.961. The zero-order valence-corrected chi connectivity index (χ0v) is 16.6. The number of esters is 1. The average molecular weight is 385 g/mol. The van der Waals surface area contributed by atoms with Crippen molar-refractivity contribution in [1.29, 1.82) is 0 Å². The van der Waals surface area contributed by atoms with E-state index in [1.807, 2.05) is 0 Å². The summed E-state index contributed by atoms with van der Waals surface area (Å²) in [6.45, 7) is 9.13. The van der Waals surface area contributed by atoms with Crippen molar-refractivity contribution >= 4 is 22.8 Å². The number of methoxy groups -OCH3 is 2. The van der Waals surface area contributed by atoms with Crippen molar-refractivity contribution in [3.63, 3.8) is 0 Å². The number of aliphatic imine (C=N–C) groups is 1. The van der Waals surface area contributed by atoms with Gasteiger partial charge in [0.1, 0.15) is 23.2 Å². The Balaban J connectivity index is 2.63. The van der Waals surface area contributed by atoms with Gasteiger partial charge in [-0.3, -0.25) is 4.99 Å². The van der Waals surface area contributed by atoms with E-state index in [4.69, 9.17) is 18.9 Å². The Morgan fingerprint density at radius 2 is 2.04 bits per heavy atom. The Morgan fingerprint density at radius 3 is 2.65 bits per heavy atom. The van der Waals surface area contributed by atoms with Gasteiger partial charge in [0.15, 0.2) is 5.54 Å². The molecule has 146 valence electrons. The first kappa shape index (κ1) is 22.3. The third-order valence-corrected chi connectivity index (χ3v) is 4.84. The molecule has 0 bridgehead atoms. The van der Waals surface area contributed by atoms with Gasteiger partial charge < -0.3 is 24.1 Å². The molecule has 1 rings (SSSR count). The molecule has 0 aromatic heterocycles. The normalized spacial score (nSPS) is 20.7. The van der Waals surface area contributed by atoms with Crippen LogP contribution in [0.15, 0.2) is 40.8 Å². The lowest BCUT2D eigenvalue weighted by molar-refractivity contribution is -0.145. The largest absolute Gasteiger partial charge is 0.507 e. The second-order valence-electron chi connectivity index (χ2n) is 5.62. The van der Waals surface area contributed by atoms with Crippen LogP contribution in [0.4, 0.5) is 0 Å². The fourth-order valence-corrected chi connectivity index (χ4v) is 3.12. The summed E-state index contributed by atoms with van der Waals surface area (Å²) in [5.41, 5.74) is -0.626. The molecule has 7 nitrogen and oxygen atoms in total. The molecule has 0 aromatic carbocycles. The van der Waals surface area contributed by atoms with Crippen LogP contribution >= 0.6 is 11.8 Å². The fraction of sp³-hybridized carbons (Fsp3) is 0.556. The van der Waals surface area contributed by atoms with Gasteiger partial charge in [0.2, 0.25) is 0 Å². The van der Waals surface area contributed by atoms with Gasteiger partial charge in [-0.25, -0.2) is 4.79 Å². The second-order valence-corrected chi connectivity index (χ2v) is 6.59. The quantitative estimate of drug-likeness (QED) is 0.253. The number of carbonyl (C=O) groups is 1. The van der Waals surface area contributed by atoms with Gasteiger partial charge in [-0.05, 0) is 19.9 Å². The molecule has 0 saturated heterocycles. The molecule has 1 aliphatic heterocycles. The van der Waals surface area contributed by atoms with Crippen molar-refractivity contribution in [2.45, 2.75) is 19.4 Å². The van der Waals surface area contributed by atoms with E-state index in [1.165, 1.54) is 24.9 Å². The highest BCUT2D eigenvalue weighted by atomic mass is 32.2. The number of nitrogens with zero attached hydrogens (tertiary/aromatic N) is 1. The van der Waals surface area contributed by atoms with E-state index >= 15 is 0 Å². The first-order chi connectivity index (χ1) is 12.4. The van der Waals surface area contributed by atoms with E-state index < -0.39 is 11.5 Å². The van der Waals surface area contributed by atoms with Gasteiger partial charge in [-0.1, -0.05) is 6.58 Å². The predicted molar refractivity (Wildman–Crippen MR) is 103 cm³/mol. The van der Waals surface area contributed by atoms with Crippen LogP contribution in [0, 0.1) is 0 Å². The first-order valence-corrected chi connectivity index (χ1v) is 9.13. The fourth-order valence-electron chi connectivity index (χ4n) is 1.98. The number of aliphatic hydroxyl groups excluding tert-OH is 1. The van der Waals surface area contributed by atoms with Gasteiger partial charge in [-0.15, -0.1) is 11.8 Å². The molecule has 0 spiro atoms. The number of rotatable bonds is 11. The Morgan fingerprint density at radius 1 is 1.35 bits per heavy atom. The molecule has 0 unspecified atom stereocenters. The molecule has 26 heavy (non-hydrogen) atoms. The van der Waals surface area contributed by atoms with Crippen molar-refractivity contribution in [1.82, 2.24) is 0 Å². The van der Waals surface area contributed by atoms with E-state index in [9.17, 15) is 9.90 Å². The highest BCUT2D eigenvalue weighted by Crippen LogP contribution is 2.33. The van der Waals surface area contributed by atoms with Crippen LogP contribution in [0.2, 0.25) is 0 Å². The van der Waals surface area contributed by atoms with Crippen molar-refractivity contribution in [2.75, 3.05) is 46.4 Å². The maximum absolute atomic E-state index is 11.8. The van der Waals surface area contributed by atoms with E-state index in [0.717, 1.165) is 0 Å². The number of allylic oxidation sites excluding steroid dienone is 3. The maximum atomic E-state index is 11.8. The first-order valence-electron chi connectivity index (χ1n) is 8.15. The molecule has 1 heterocycles. The van der Waals surface area contributed by atoms with Gasteiger partial charge in [0.05, 0.1) is 26.9 Å². The lowest BCUT2D eigenvalue weighted by Gasteiger charge is -2.15. The van der Waals surface area contributed by atoms with Crippen LogP contribution in [0.3, 0.4) is 0 Å². The molecular formula is C18H27NO6S. The summed E-state index contributed by atoms with van der Waals surface area (Å²) < 4.78 is 20.5. The van der Waals surface area contributed by atoms with Gasteiger partial charge in [0, 0.05) is 24.5 Å². The summed E-state index contributed by atoms with van der Waals surface area (Å²) in [5, 5.41) is 10.8. The SMILES string of the molecule is C=C(C1=N[C@@](C)(C(=O)OC)CS1)/C(O)=C\C(=C/C)OCCOCCOC. The molecule has 0 radical (unpaired) electrons. The lowest BCUT2D eigenvalue weighted by Crippen LogP contribution is -2.34. The van der Waals surface area contributed by atoms with Crippen LogP contribution in [0.1, 0.15) is 13.8 Å². The molecule has 8 heteroatoms. The van der Waals surface area contributed by atoms with Crippen LogP contribution in [0.25, 0.3) is 0 Å². The summed E-state index contributed by atoms with van der Waals surface area (Å²) in [7, 11) is 2.94. The van der Waals surface area contributed by atoms with Crippen LogP contribution in [-0.4, -0.2) is 68.1 Å². The molecule has 0 fully saturated rings. The molecule has 0 aromatic rings. The molecule has 0 amide bonds. The number of ether oxygens (including phenoxy) is 4. The third-order valence-electron chi connectivity index (χ3n) is 3.52. The monoisotopic (exact) mass is 385 g/mol. The second kappa shape index (κ2) is 11.1. The highest BCUT2D eigenvalue weighted by molar-refractivity contribution is 8.14. The van der Waals surface area contributed by atoms with E-state index in [2.05, 4.69) is 11.6 Å². The van der Waals surface area contributed by atoms with E-state index in [0.29, 0.717) is 48.6 Å². The van der Waals surface area contributed by atoms with Crippen molar-refractivity contribution in [3.8, 4) is 0 Å². The molecule has 0 aliphatic carbocycles. The van der Waals surface area contributed by atoms with E-state index in [-0.39, 0.29) is 5.76 Å². The molecule has 1 aliphatic rings. The number of thioether (sulfide) groups is 1. The smallest absolute Gasteiger partial charge is 0.334 e. The summed E-state index contributed by atoms with van der Waals surface area (Å²) >= 11 is 1.35. The van der Waals surface area contributed by atoms with Crippen molar-refractivity contribution in [2.24, 2.45) is 4.99 Å². The van der Waals surface area contributed by atoms with Gasteiger partial charge >= 0.3 is 5.97 Å². The van der Waals surface area contributed by atoms with Crippen molar-refractivity contribution in [3.05, 3.63) is 35.8 Å². The van der Waals surface area contributed by atoms with Crippen LogP contribution in [0.5, 0.6) is 0 Å². The molecular weight excluding hydrogens is 358 g/mol. The minimum Gasteiger partial charge on any atom is -0.507 e. The number of hydrogen-bond donors (Lipinski definition) is 1. The topological polar surface area (TPSA) is 86.6 Å². The van der Waals surface area contributed by atoms with Gasteiger partial charge in [0.25, 0.3) is 0 Å². The Labute approximate surface area is 158 Å². The molecule has 1 N–H and O–H groups in total. The summed E-state index contributed by atoms with van der Waals surface area (Å²) in [6.07, 6.45) is 3.19. The molecule has 0 saturated carbocycles. The number of hydrogen-bond acceptors (Lipinski definition) is 8. The lowest BCUT2D eigenvalue weighted by atomic mass is 10.1.